The van der Waals surface area contributed by atoms with Gasteiger partial charge >= 0.3 is 0 Å². The third-order valence-electron chi connectivity index (χ3n) is 4.18. The highest BCUT2D eigenvalue weighted by Crippen LogP contribution is 2.20. The van der Waals surface area contributed by atoms with E-state index in [2.05, 4.69) is 5.32 Å². The van der Waals surface area contributed by atoms with Crippen molar-refractivity contribution in [3.8, 4) is 5.75 Å². The molecule has 1 atom stereocenters. The maximum Gasteiger partial charge on any atom is 0.226 e. The van der Waals surface area contributed by atoms with Gasteiger partial charge in [0.25, 0.3) is 0 Å². The fourth-order valence-electron chi connectivity index (χ4n) is 2.78. The lowest BCUT2D eigenvalue weighted by Gasteiger charge is -2.28. The summed E-state index contributed by atoms with van der Waals surface area (Å²) in [5.74, 6) is 0.598. The molecule has 0 aliphatic heterocycles. The fraction of sp³-hybridized carbons (Fsp3) is 0.333. The molecule has 1 N–H and O–H groups in total. The van der Waals surface area contributed by atoms with Crippen molar-refractivity contribution in [3.05, 3.63) is 60.2 Å². The van der Waals surface area contributed by atoms with Crippen LogP contribution in [0.2, 0.25) is 0 Å². The van der Waals surface area contributed by atoms with Crippen LogP contribution < -0.4 is 10.1 Å². The predicted octanol–water partition coefficient (Wildman–Crippen LogP) is 4.02. The van der Waals surface area contributed by atoms with Crippen molar-refractivity contribution in [2.75, 3.05) is 18.5 Å². The number of amides is 2. The molecule has 2 aromatic carbocycles. The number of carbonyl (C=O) groups is 2. The standard InChI is InChI=1S/C21H26N2O3/c1-4-26-20-12-10-19(11-13-20)22-21(25)14-15-23(17(3)24)16(2)18-8-6-5-7-9-18/h5-13,16H,4,14-15H2,1-3H3,(H,22,25). The van der Waals surface area contributed by atoms with E-state index in [0.717, 1.165) is 11.3 Å². The molecule has 1 unspecified atom stereocenters. The van der Waals surface area contributed by atoms with Crippen LogP contribution in [0, 0.1) is 0 Å². The average Bonchev–Trinajstić information content (AvgIpc) is 2.64. The Morgan fingerprint density at radius 1 is 1.08 bits per heavy atom. The lowest BCUT2D eigenvalue weighted by atomic mass is 10.1. The van der Waals surface area contributed by atoms with Crippen molar-refractivity contribution in [1.82, 2.24) is 4.90 Å². The van der Waals surface area contributed by atoms with E-state index in [1.807, 2.05) is 56.3 Å². The summed E-state index contributed by atoms with van der Waals surface area (Å²) in [4.78, 5) is 26.0. The van der Waals surface area contributed by atoms with E-state index in [-0.39, 0.29) is 24.3 Å². The summed E-state index contributed by atoms with van der Waals surface area (Å²) in [5.41, 5.74) is 1.76. The highest BCUT2D eigenvalue weighted by molar-refractivity contribution is 5.91. The first-order valence-corrected chi connectivity index (χ1v) is 8.86. The zero-order valence-electron chi connectivity index (χ0n) is 15.6. The van der Waals surface area contributed by atoms with E-state index >= 15 is 0 Å². The largest absolute Gasteiger partial charge is 0.494 e. The molecule has 0 bridgehead atoms. The van der Waals surface area contributed by atoms with Gasteiger partial charge < -0.3 is 15.0 Å². The van der Waals surface area contributed by atoms with Crippen LogP contribution >= 0.6 is 0 Å². The van der Waals surface area contributed by atoms with E-state index < -0.39 is 0 Å². The Morgan fingerprint density at radius 3 is 2.31 bits per heavy atom. The van der Waals surface area contributed by atoms with Crippen molar-refractivity contribution in [2.45, 2.75) is 33.2 Å². The van der Waals surface area contributed by atoms with Crippen LogP contribution in [-0.4, -0.2) is 29.9 Å². The van der Waals surface area contributed by atoms with Crippen LogP contribution in [0.15, 0.2) is 54.6 Å². The van der Waals surface area contributed by atoms with Crippen molar-refractivity contribution < 1.29 is 14.3 Å². The number of carbonyl (C=O) groups excluding carboxylic acids is 2. The Kier molecular flexibility index (Phi) is 7.21. The van der Waals surface area contributed by atoms with Crippen LogP contribution in [-0.2, 0) is 9.59 Å². The Bertz CT molecular complexity index is 714. The summed E-state index contributed by atoms with van der Waals surface area (Å²) in [7, 11) is 0. The highest BCUT2D eigenvalue weighted by Gasteiger charge is 2.19. The Hall–Kier alpha value is -2.82. The van der Waals surface area contributed by atoms with Gasteiger partial charge in [0.2, 0.25) is 11.8 Å². The monoisotopic (exact) mass is 354 g/mol. The van der Waals surface area contributed by atoms with E-state index in [1.165, 1.54) is 6.92 Å². The lowest BCUT2D eigenvalue weighted by molar-refractivity contribution is -0.131. The second-order valence-corrected chi connectivity index (χ2v) is 6.05. The fourth-order valence-corrected chi connectivity index (χ4v) is 2.78. The van der Waals surface area contributed by atoms with Gasteiger partial charge in [-0.05, 0) is 43.7 Å². The molecule has 138 valence electrons. The number of hydrogen-bond acceptors (Lipinski definition) is 3. The average molecular weight is 354 g/mol. The molecule has 2 amide bonds. The van der Waals surface area contributed by atoms with Gasteiger partial charge in [-0.3, -0.25) is 9.59 Å². The number of hydrogen-bond donors (Lipinski definition) is 1. The maximum atomic E-state index is 12.2. The molecule has 0 heterocycles. The van der Waals surface area contributed by atoms with Crippen LogP contribution in [0.1, 0.15) is 38.8 Å². The molecule has 5 nitrogen and oxygen atoms in total. The minimum Gasteiger partial charge on any atom is -0.494 e. The Labute approximate surface area is 155 Å². The zero-order chi connectivity index (χ0) is 18.9. The molecular formula is C21H26N2O3. The molecule has 2 aromatic rings. The van der Waals surface area contributed by atoms with Crippen molar-refractivity contribution in [1.29, 1.82) is 0 Å². The number of ether oxygens (including phenoxy) is 1. The lowest BCUT2D eigenvalue weighted by Crippen LogP contribution is -2.34. The third kappa shape index (κ3) is 5.62. The summed E-state index contributed by atoms with van der Waals surface area (Å²) in [6.07, 6.45) is 0.240. The Balaban J connectivity index is 1.91. The van der Waals surface area contributed by atoms with Gasteiger partial charge in [-0.15, -0.1) is 0 Å². The molecule has 0 aliphatic rings. The van der Waals surface area contributed by atoms with E-state index in [1.54, 1.807) is 17.0 Å². The van der Waals surface area contributed by atoms with Gasteiger partial charge in [0.05, 0.1) is 12.6 Å². The van der Waals surface area contributed by atoms with E-state index in [9.17, 15) is 9.59 Å². The summed E-state index contributed by atoms with van der Waals surface area (Å²) in [5, 5.41) is 2.85. The molecule has 0 saturated carbocycles. The van der Waals surface area contributed by atoms with Crippen molar-refractivity contribution in [2.24, 2.45) is 0 Å². The highest BCUT2D eigenvalue weighted by atomic mass is 16.5. The van der Waals surface area contributed by atoms with E-state index in [4.69, 9.17) is 4.74 Å². The second kappa shape index (κ2) is 9.61. The molecule has 0 saturated heterocycles. The van der Waals surface area contributed by atoms with Gasteiger partial charge in [-0.1, -0.05) is 30.3 Å². The molecule has 0 spiro atoms. The maximum absolute atomic E-state index is 12.2. The predicted molar refractivity (Wildman–Crippen MR) is 103 cm³/mol. The number of anilines is 1. The number of nitrogens with one attached hydrogen (secondary N) is 1. The van der Waals surface area contributed by atoms with Crippen LogP contribution in [0.4, 0.5) is 5.69 Å². The van der Waals surface area contributed by atoms with Crippen molar-refractivity contribution >= 4 is 17.5 Å². The summed E-state index contributed by atoms with van der Waals surface area (Å²) in [6, 6.07) is 17.0. The van der Waals surface area contributed by atoms with Crippen LogP contribution in [0.3, 0.4) is 0 Å². The molecular weight excluding hydrogens is 328 g/mol. The number of rotatable bonds is 8. The third-order valence-corrected chi connectivity index (χ3v) is 4.18. The van der Waals surface area contributed by atoms with Crippen LogP contribution in [0.5, 0.6) is 5.75 Å². The topological polar surface area (TPSA) is 58.6 Å². The number of benzene rings is 2. The summed E-state index contributed by atoms with van der Waals surface area (Å²) in [6.45, 7) is 6.40. The molecule has 0 aromatic heterocycles. The first-order valence-electron chi connectivity index (χ1n) is 8.86. The smallest absolute Gasteiger partial charge is 0.226 e. The zero-order valence-corrected chi connectivity index (χ0v) is 15.6. The van der Waals surface area contributed by atoms with Crippen molar-refractivity contribution in [3.63, 3.8) is 0 Å². The molecule has 0 fully saturated rings. The molecule has 2 rings (SSSR count). The first kappa shape index (κ1) is 19.5. The molecule has 26 heavy (non-hydrogen) atoms. The minimum absolute atomic E-state index is 0.0461. The Morgan fingerprint density at radius 2 is 1.73 bits per heavy atom. The van der Waals surface area contributed by atoms with Gasteiger partial charge in [-0.2, -0.15) is 0 Å². The van der Waals surface area contributed by atoms with Gasteiger partial charge in [0.15, 0.2) is 0 Å². The SMILES string of the molecule is CCOc1ccc(NC(=O)CCN(C(C)=O)C(C)c2ccccc2)cc1. The van der Waals surface area contributed by atoms with Gasteiger partial charge in [0.1, 0.15) is 5.75 Å². The van der Waals surface area contributed by atoms with Gasteiger partial charge in [-0.25, -0.2) is 0 Å². The van der Waals surface area contributed by atoms with E-state index in [0.29, 0.717) is 18.8 Å². The second-order valence-electron chi connectivity index (χ2n) is 6.05. The summed E-state index contributed by atoms with van der Waals surface area (Å²) >= 11 is 0. The molecule has 0 aliphatic carbocycles. The van der Waals surface area contributed by atoms with Gasteiger partial charge in [0, 0.05) is 25.6 Å². The van der Waals surface area contributed by atoms with Crippen LogP contribution in [0.25, 0.3) is 0 Å². The quantitative estimate of drug-likeness (QED) is 0.779. The normalized spacial score (nSPS) is 11.5. The summed E-state index contributed by atoms with van der Waals surface area (Å²) < 4.78 is 5.38. The number of nitrogens with zero attached hydrogens (tertiary/aromatic N) is 1. The molecule has 5 heteroatoms. The minimum atomic E-state index is -0.124. The first-order chi connectivity index (χ1) is 12.5. The molecule has 0 radical (unpaired) electrons.